The lowest BCUT2D eigenvalue weighted by Crippen LogP contribution is -2.33. The van der Waals surface area contributed by atoms with Crippen molar-refractivity contribution in [3.63, 3.8) is 0 Å². The topological polar surface area (TPSA) is 86.5 Å². The first-order chi connectivity index (χ1) is 11.6. The zero-order chi connectivity index (χ0) is 17.5. The second-order valence-corrected chi connectivity index (χ2v) is 6.03. The number of thioether (sulfide) groups is 1. The third kappa shape index (κ3) is 4.64. The van der Waals surface area contributed by atoms with Gasteiger partial charge in [-0.1, -0.05) is 18.7 Å². The highest BCUT2D eigenvalue weighted by atomic mass is 32.2. The first-order valence-electron chi connectivity index (χ1n) is 7.55. The second kappa shape index (κ2) is 8.58. The average molecular weight is 351 g/mol. The van der Waals surface area contributed by atoms with Crippen molar-refractivity contribution < 1.29 is 18.7 Å². The van der Waals surface area contributed by atoms with Crippen molar-refractivity contribution in [2.24, 2.45) is 0 Å². The number of amides is 1. The Kier molecular flexibility index (Phi) is 6.48. The molecule has 1 N–H and O–H groups in total. The Balaban J connectivity index is 2.04. The zero-order valence-corrected chi connectivity index (χ0v) is 15.0. The van der Waals surface area contributed by atoms with Crippen molar-refractivity contribution in [2.45, 2.75) is 31.5 Å². The minimum absolute atomic E-state index is 0.0591. The molecule has 2 aromatic rings. The molecule has 0 spiro atoms. The van der Waals surface area contributed by atoms with Crippen LogP contribution in [0.25, 0.3) is 11.5 Å². The fraction of sp³-hybridized carbons (Fsp3) is 0.438. The number of rotatable bonds is 8. The SMILES string of the molecule is CC[C@H](C)NC(=O)CSc1nnc(-c2ccc(OC)cc2OC)o1. The van der Waals surface area contributed by atoms with Gasteiger partial charge in [-0.2, -0.15) is 0 Å². The summed E-state index contributed by atoms with van der Waals surface area (Å²) in [6.07, 6.45) is 0.887. The van der Waals surface area contributed by atoms with Crippen molar-refractivity contribution in [3.05, 3.63) is 18.2 Å². The van der Waals surface area contributed by atoms with Gasteiger partial charge in [-0.15, -0.1) is 10.2 Å². The molecule has 1 amide bonds. The van der Waals surface area contributed by atoms with Crippen LogP contribution in [0, 0.1) is 0 Å². The molecule has 0 unspecified atom stereocenters. The van der Waals surface area contributed by atoms with Crippen molar-refractivity contribution in [1.29, 1.82) is 0 Å². The molecule has 0 aliphatic rings. The number of aromatic nitrogens is 2. The number of methoxy groups -OCH3 is 2. The molecule has 0 bridgehead atoms. The molecule has 0 radical (unpaired) electrons. The summed E-state index contributed by atoms with van der Waals surface area (Å²) in [4.78, 5) is 11.8. The van der Waals surface area contributed by atoms with Gasteiger partial charge in [-0.25, -0.2) is 0 Å². The molecule has 0 saturated carbocycles. The van der Waals surface area contributed by atoms with E-state index in [0.29, 0.717) is 28.2 Å². The molecule has 1 heterocycles. The van der Waals surface area contributed by atoms with Crippen LogP contribution in [-0.2, 0) is 4.79 Å². The Hall–Kier alpha value is -2.22. The Bertz CT molecular complexity index is 690. The smallest absolute Gasteiger partial charge is 0.277 e. The Labute approximate surface area is 145 Å². The van der Waals surface area contributed by atoms with E-state index in [1.165, 1.54) is 11.8 Å². The molecule has 130 valence electrons. The molecule has 0 fully saturated rings. The highest BCUT2D eigenvalue weighted by molar-refractivity contribution is 7.99. The van der Waals surface area contributed by atoms with Crippen LogP contribution in [0.5, 0.6) is 11.5 Å². The Morgan fingerprint density at radius 2 is 2.12 bits per heavy atom. The second-order valence-electron chi connectivity index (χ2n) is 5.10. The first kappa shape index (κ1) is 18.1. The Morgan fingerprint density at radius 3 is 2.79 bits per heavy atom. The fourth-order valence-corrected chi connectivity index (χ4v) is 2.47. The number of benzene rings is 1. The summed E-state index contributed by atoms with van der Waals surface area (Å²) >= 11 is 1.20. The van der Waals surface area contributed by atoms with Gasteiger partial charge >= 0.3 is 0 Å². The zero-order valence-electron chi connectivity index (χ0n) is 14.2. The summed E-state index contributed by atoms with van der Waals surface area (Å²) in [6, 6.07) is 5.47. The van der Waals surface area contributed by atoms with Crippen LogP contribution in [0.3, 0.4) is 0 Å². The summed E-state index contributed by atoms with van der Waals surface area (Å²) in [5.74, 6) is 1.75. The lowest BCUT2D eigenvalue weighted by Gasteiger charge is -2.09. The van der Waals surface area contributed by atoms with Crippen molar-refractivity contribution >= 4 is 17.7 Å². The van der Waals surface area contributed by atoms with E-state index in [1.54, 1.807) is 32.4 Å². The maximum atomic E-state index is 11.8. The summed E-state index contributed by atoms with van der Waals surface area (Å²) in [5.41, 5.74) is 0.668. The van der Waals surface area contributed by atoms with Crippen LogP contribution >= 0.6 is 11.8 Å². The van der Waals surface area contributed by atoms with Gasteiger partial charge in [-0.05, 0) is 25.5 Å². The molecule has 7 nitrogen and oxygen atoms in total. The van der Waals surface area contributed by atoms with Crippen LogP contribution in [-0.4, -0.2) is 42.1 Å². The number of carbonyl (C=O) groups excluding carboxylic acids is 1. The first-order valence-corrected chi connectivity index (χ1v) is 8.54. The van der Waals surface area contributed by atoms with Gasteiger partial charge in [-0.3, -0.25) is 4.79 Å². The number of carbonyl (C=O) groups is 1. The summed E-state index contributed by atoms with van der Waals surface area (Å²) in [5, 5.41) is 11.2. The molecule has 1 aromatic carbocycles. The molecule has 2 rings (SSSR count). The lowest BCUT2D eigenvalue weighted by molar-refractivity contribution is -0.119. The van der Waals surface area contributed by atoms with E-state index in [9.17, 15) is 4.79 Å². The molecular weight excluding hydrogens is 330 g/mol. The van der Waals surface area contributed by atoms with Gasteiger partial charge < -0.3 is 19.2 Å². The van der Waals surface area contributed by atoms with Crippen molar-refractivity contribution in [3.8, 4) is 23.0 Å². The van der Waals surface area contributed by atoms with E-state index < -0.39 is 0 Å². The summed E-state index contributed by atoms with van der Waals surface area (Å²) in [6.45, 7) is 3.98. The minimum atomic E-state index is -0.0591. The van der Waals surface area contributed by atoms with Gasteiger partial charge in [0.1, 0.15) is 11.5 Å². The predicted molar refractivity (Wildman–Crippen MR) is 91.5 cm³/mol. The number of nitrogens with one attached hydrogen (secondary N) is 1. The predicted octanol–water partition coefficient (Wildman–Crippen LogP) is 2.76. The molecule has 8 heteroatoms. The van der Waals surface area contributed by atoms with E-state index in [1.807, 2.05) is 13.8 Å². The van der Waals surface area contributed by atoms with Gasteiger partial charge in [0, 0.05) is 12.1 Å². The van der Waals surface area contributed by atoms with E-state index in [2.05, 4.69) is 15.5 Å². The Morgan fingerprint density at radius 1 is 1.33 bits per heavy atom. The van der Waals surface area contributed by atoms with Crippen LogP contribution in [0.1, 0.15) is 20.3 Å². The van der Waals surface area contributed by atoms with E-state index in [4.69, 9.17) is 13.9 Å². The average Bonchev–Trinajstić information content (AvgIpc) is 3.07. The molecule has 0 aliphatic carbocycles. The van der Waals surface area contributed by atoms with E-state index >= 15 is 0 Å². The largest absolute Gasteiger partial charge is 0.497 e. The van der Waals surface area contributed by atoms with Crippen molar-refractivity contribution in [1.82, 2.24) is 15.5 Å². The molecular formula is C16H21N3O4S. The highest BCUT2D eigenvalue weighted by Crippen LogP contribution is 2.33. The maximum absolute atomic E-state index is 11.8. The molecule has 1 atom stereocenters. The third-order valence-corrected chi connectivity index (χ3v) is 4.21. The standard InChI is InChI=1S/C16H21N3O4S/c1-5-10(2)17-14(20)9-24-16-19-18-15(23-16)12-7-6-11(21-3)8-13(12)22-4/h6-8,10H,5,9H2,1-4H3,(H,17,20)/t10-/m0/s1. The van der Waals surface area contributed by atoms with E-state index in [-0.39, 0.29) is 17.7 Å². The van der Waals surface area contributed by atoms with Gasteiger partial charge in [0.2, 0.25) is 5.91 Å². The number of nitrogens with zero attached hydrogens (tertiary/aromatic N) is 2. The van der Waals surface area contributed by atoms with Gasteiger partial charge in [0.25, 0.3) is 11.1 Å². The molecule has 0 saturated heterocycles. The van der Waals surface area contributed by atoms with Crippen molar-refractivity contribution in [2.75, 3.05) is 20.0 Å². The summed E-state index contributed by atoms with van der Waals surface area (Å²) in [7, 11) is 3.14. The quantitative estimate of drug-likeness (QED) is 0.732. The lowest BCUT2D eigenvalue weighted by atomic mass is 10.2. The van der Waals surface area contributed by atoms with Gasteiger partial charge in [0.05, 0.1) is 25.5 Å². The molecule has 1 aromatic heterocycles. The summed E-state index contributed by atoms with van der Waals surface area (Å²) < 4.78 is 16.1. The number of ether oxygens (including phenoxy) is 2. The van der Waals surface area contributed by atoms with Crippen LogP contribution in [0.2, 0.25) is 0 Å². The normalized spacial score (nSPS) is 11.8. The molecule has 0 aliphatic heterocycles. The minimum Gasteiger partial charge on any atom is -0.497 e. The maximum Gasteiger partial charge on any atom is 0.277 e. The molecule has 24 heavy (non-hydrogen) atoms. The van der Waals surface area contributed by atoms with Crippen LogP contribution in [0.4, 0.5) is 0 Å². The van der Waals surface area contributed by atoms with E-state index in [0.717, 1.165) is 6.42 Å². The third-order valence-electron chi connectivity index (χ3n) is 3.39. The number of hydrogen-bond donors (Lipinski definition) is 1. The van der Waals surface area contributed by atoms with Crippen LogP contribution < -0.4 is 14.8 Å². The monoisotopic (exact) mass is 351 g/mol. The fourth-order valence-electron chi connectivity index (χ4n) is 1.90. The highest BCUT2D eigenvalue weighted by Gasteiger charge is 2.16. The number of hydrogen-bond acceptors (Lipinski definition) is 7. The van der Waals surface area contributed by atoms with Gasteiger partial charge in [0.15, 0.2) is 0 Å². The van der Waals surface area contributed by atoms with Crippen LogP contribution in [0.15, 0.2) is 27.8 Å².